The molecule has 1 aromatic heterocycles. The molecular weight excluding hydrogens is 276 g/mol. The molecule has 0 radical (unpaired) electrons. The highest BCUT2D eigenvalue weighted by Crippen LogP contribution is 2.20. The van der Waals surface area contributed by atoms with Crippen molar-refractivity contribution in [2.24, 2.45) is 5.84 Å². The Hall–Kier alpha value is -1.71. The van der Waals surface area contributed by atoms with Gasteiger partial charge in [-0.3, -0.25) is 5.43 Å². The topological polar surface area (TPSA) is 119 Å². The molecule has 1 aromatic rings. The lowest BCUT2D eigenvalue weighted by Crippen LogP contribution is -2.48. The molecular formula is C12H22N6O3. The number of hydrogen-bond acceptors (Lipinski definition) is 9. The van der Waals surface area contributed by atoms with E-state index in [1.54, 1.807) is 0 Å². The zero-order valence-electron chi connectivity index (χ0n) is 12.5. The fourth-order valence-corrected chi connectivity index (χ4v) is 2.12. The van der Waals surface area contributed by atoms with Gasteiger partial charge in [0.25, 0.3) is 0 Å². The van der Waals surface area contributed by atoms with Gasteiger partial charge in [-0.05, 0) is 20.8 Å². The number of nitrogen functional groups attached to an aromatic ring is 1. The number of nitrogens with zero attached hydrogens (tertiary/aromatic N) is 4. The van der Waals surface area contributed by atoms with Gasteiger partial charge < -0.3 is 19.5 Å². The van der Waals surface area contributed by atoms with E-state index in [0.717, 1.165) is 0 Å². The maximum Gasteiger partial charge on any atom is 0.323 e. The Morgan fingerprint density at radius 1 is 1.43 bits per heavy atom. The van der Waals surface area contributed by atoms with Gasteiger partial charge in [0, 0.05) is 13.1 Å². The van der Waals surface area contributed by atoms with Crippen molar-refractivity contribution in [2.75, 3.05) is 30.0 Å². The number of anilines is 2. The molecule has 1 aliphatic heterocycles. The second kappa shape index (κ2) is 6.83. The number of aromatic nitrogens is 3. The van der Waals surface area contributed by atoms with Crippen molar-refractivity contribution in [3.8, 4) is 6.01 Å². The third-order valence-electron chi connectivity index (χ3n) is 2.89. The molecule has 21 heavy (non-hydrogen) atoms. The smallest absolute Gasteiger partial charge is 0.323 e. The monoisotopic (exact) mass is 298 g/mol. The first-order valence-electron chi connectivity index (χ1n) is 6.92. The Bertz CT molecular complexity index is 472. The minimum absolute atomic E-state index is 0.0311. The average molecular weight is 298 g/mol. The van der Waals surface area contributed by atoms with Gasteiger partial charge in [-0.15, -0.1) is 0 Å². The lowest BCUT2D eigenvalue weighted by molar-refractivity contribution is -0.0425. The molecule has 2 heterocycles. The van der Waals surface area contributed by atoms with Crippen LogP contribution in [0.4, 0.5) is 11.9 Å². The Morgan fingerprint density at radius 2 is 2.19 bits per heavy atom. The molecule has 118 valence electrons. The number of aliphatic hydroxyl groups is 1. The van der Waals surface area contributed by atoms with Crippen molar-refractivity contribution in [2.45, 2.75) is 39.1 Å². The van der Waals surface area contributed by atoms with Crippen LogP contribution in [0.3, 0.4) is 0 Å². The van der Waals surface area contributed by atoms with Gasteiger partial charge in [0.2, 0.25) is 11.9 Å². The minimum Gasteiger partial charge on any atom is -0.461 e. The lowest BCUT2D eigenvalue weighted by atomic mass is 10.2. The van der Waals surface area contributed by atoms with Crippen LogP contribution in [-0.4, -0.2) is 58.1 Å². The van der Waals surface area contributed by atoms with Gasteiger partial charge in [-0.1, -0.05) is 0 Å². The van der Waals surface area contributed by atoms with Crippen molar-refractivity contribution in [3.05, 3.63) is 0 Å². The Kier molecular flexibility index (Phi) is 5.10. The molecule has 1 fully saturated rings. The van der Waals surface area contributed by atoms with Gasteiger partial charge in [-0.25, -0.2) is 5.84 Å². The number of hydrogen-bond donors (Lipinski definition) is 3. The van der Waals surface area contributed by atoms with Gasteiger partial charge in [0.15, 0.2) is 0 Å². The Morgan fingerprint density at radius 3 is 2.81 bits per heavy atom. The number of hydrazine groups is 1. The highest BCUT2D eigenvalue weighted by molar-refractivity contribution is 5.38. The maximum absolute atomic E-state index is 9.29. The average Bonchev–Trinajstić information content (AvgIpc) is 2.45. The summed E-state index contributed by atoms with van der Waals surface area (Å²) in [6.07, 6.45) is -0.356. The van der Waals surface area contributed by atoms with Crippen LogP contribution in [0, 0.1) is 0 Å². The fraction of sp³-hybridized carbons (Fsp3) is 0.750. The third-order valence-corrected chi connectivity index (χ3v) is 2.89. The van der Waals surface area contributed by atoms with Gasteiger partial charge in [0.05, 0.1) is 24.9 Å². The summed E-state index contributed by atoms with van der Waals surface area (Å²) in [5.41, 5.74) is 2.41. The molecule has 0 aliphatic carbocycles. The van der Waals surface area contributed by atoms with Crippen LogP contribution < -0.4 is 20.9 Å². The largest absolute Gasteiger partial charge is 0.461 e. The number of morpholine rings is 1. The predicted molar refractivity (Wildman–Crippen MR) is 77.0 cm³/mol. The van der Waals surface area contributed by atoms with E-state index in [1.807, 2.05) is 25.7 Å². The summed E-state index contributed by atoms with van der Waals surface area (Å²) >= 11 is 0. The van der Waals surface area contributed by atoms with E-state index < -0.39 is 0 Å². The molecule has 9 heteroatoms. The van der Waals surface area contributed by atoms with E-state index in [1.165, 1.54) is 0 Å². The number of ether oxygens (including phenoxy) is 2. The molecule has 2 rings (SSSR count). The van der Waals surface area contributed by atoms with Gasteiger partial charge in [0.1, 0.15) is 0 Å². The summed E-state index contributed by atoms with van der Waals surface area (Å²) in [5, 5.41) is 9.29. The molecule has 2 atom stereocenters. The third kappa shape index (κ3) is 4.13. The molecule has 0 saturated carbocycles. The van der Waals surface area contributed by atoms with Crippen LogP contribution >= 0.6 is 0 Å². The summed E-state index contributed by atoms with van der Waals surface area (Å²) in [6, 6.07) is 0.211. The molecule has 0 amide bonds. The summed E-state index contributed by atoms with van der Waals surface area (Å²) in [4.78, 5) is 14.5. The van der Waals surface area contributed by atoms with E-state index in [-0.39, 0.29) is 36.9 Å². The Labute approximate surface area is 123 Å². The molecule has 0 aromatic carbocycles. The predicted octanol–water partition coefficient (Wildman–Crippen LogP) is -0.470. The number of aliphatic hydroxyl groups excluding tert-OH is 1. The van der Waals surface area contributed by atoms with Crippen LogP contribution in [0.15, 0.2) is 0 Å². The first-order chi connectivity index (χ1) is 10.0. The first kappa shape index (κ1) is 15.7. The van der Waals surface area contributed by atoms with E-state index in [2.05, 4.69) is 20.4 Å². The van der Waals surface area contributed by atoms with Crippen LogP contribution in [0.25, 0.3) is 0 Å². The Balaban J connectivity index is 2.24. The number of nitrogens with one attached hydrogen (secondary N) is 1. The van der Waals surface area contributed by atoms with Crippen molar-refractivity contribution >= 4 is 11.9 Å². The van der Waals surface area contributed by atoms with Crippen molar-refractivity contribution in [1.82, 2.24) is 15.0 Å². The summed E-state index contributed by atoms with van der Waals surface area (Å²) in [5.74, 6) is 6.07. The van der Waals surface area contributed by atoms with E-state index in [0.29, 0.717) is 19.0 Å². The van der Waals surface area contributed by atoms with Gasteiger partial charge >= 0.3 is 6.01 Å². The zero-order chi connectivity index (χ0) is 15.4. The van der Waals surface area contributed by atoms with E-state index in [4.69, 9.17) is 15.3 Å². The van der Waals surface area contributed by atoms with E-state index >= 15 is 0 Å². The van der Waals surface area contributed by atoms with Gasteiger partial charge in [-0.2, -0.15) is 15.0 Å². The molecule has 9 nitrogen and oxygen atoms in total. The van der Waals surface area contributed by atoms with Crippen LogP contribution in [0.1, 0.15) is 20.8 Å². The molecule has 1 aliphatic rings. The van der Waals surface area contributed by atoms with Crippen LogP contribution in [0.5, 0.6) is 6.01 Å². The fourth-order valence-electron chi connectivity index (χ4n) is 2.12. The minimum atomic E-state index is -0.269. The lowest BCUT2D eigenvalue weighted by Gasteiger charge is -2.36. The second-order valence-corrected chi connectivity index (χ2v) is 5.21. The summed E-state index contributed by atoms with van der Waals surface area (Å²) in [7, 11) is 0. The summed E-state index contributed by atoms with van der Waals surface area (Å²) < 4.78 is 11.1. The second-order valence-electron chi connectivity index (χ2n) is 5.21. The molecule has 4 N–H and O–H groups in total. The maximum atomic E-state index is 9.29. The number of rotatable bonds is 5. The SMILES string of the molecule is CC(C)Oc1nc(NN)nc(N2CC(C)OC(CO)C2)n1. The van der Waals surface area contributed by atoms with E-state index in [9.17, 15) is 5.11 Å². The molecule has 0 bridgehead atoms. The normalized spacial score (nSPS) is 22.5. The van der Waals surface area contributed by atoms with Crippen LogP contribution in [0.2, 0.25) is 0 Å². The van der Waals surface area contributed by atoms with Crippen LogP contribution in [-0.2, 0) is 4.74 Å². The number of nitrogens with two attached hydrogens (primary N) is 1. The van der Waals surface area contributed by atoms with Crippen molar-refractivity contribution in [1.29, 1.82) is 0 Å². The quantitative estimate of drug-likeness (QED) is 0.489. The molecule has 1 saturated heterocycles. The first-order valence-corrected chi connectivity index (χ1v) is 6.92. The van der Waals surface area contributed by atoms with Crippen molar-refractivity contribution in [3.63, 3.8) is 0 Å². The molecule has 0 spiro atoms. The van der Waals surface area contributed by atoms with Crippen molar-refractivity contribution < 1.29 is 14.6 Å². The highest BCUT2D eigenvalue weighted by atomic mass is 16.5. The zero-order valence-corrected chi connectivity index (χ0v) is 12.5. The molecule has 2 unspecified atom stereocenters. The highest BCUT2D eigenvalue weighted by Gasteiger charge is 2.27. The standard InChI is InChI=1S/C12H22N6O3/c1-7(2)20-12-15-10(17-13)14-11(16-12)18-4-8(3)21-9(5-18)6-19/h7-9,19H,4-6,13H2,1-3H3,(H,14,15,16,17). The summed E-state index contributed by atoms with van der Waals surface area (Å²) in [6.45, 7) is 6.77.